The number of rotatable bonds is 2. The molecule has 2 rings (SSSR count). The predicted octanol–water partition coefficient (Wildman–Crippen LogP) is 2.33. The molecule has 1 heterocycles. The molecule has 4 nitrogen and oxygen atoms in total. The van der Waals surface area contributed by atoms with E-state index >= 15 is 0 Å². The van der Waals surface area contributed by atoms with Crippen LogP contribution in [0, 0.1) is 5.92 Å². The molecule has 86 valence electrons. The lowest BCUT2D eigenvalue weighted by Crippen LogP contribution is -2.27. The van der Waals surface area contributed by atoms with E-state index in [1.54, 1.807) is 13.1 Å². The number of aliphatic hydroxyl groups is 1. The normalized spacial score (nSPS) is 26.2. The first kappa shape index (κ1) is 12.2. The molecule has 4 heteroatoms. The van der Waals surface area contributed by atoms with Crippen molar-refractivity contribution >= 4 is 0 Å². The summed E-state index contributed by atoms with van der Waals surface area (Å²) in [6.45, 7) is 7.98. The van der Waals surface area contributed by atoms with Gasteiger partial charge in [0.15, 0.2) is 0 Å². The van der Waals surface area contributed by atoms with Gasteiger partial charge in [-0.2, -0.15) is 0 Å². The van der Waals surface area contributed by atoms with Crippen LogP contribution >= 0.6 is 0 Å². The molecule has 0 spiro atoms. The molecule has 1 fully saturated rings. The van der Waals surface area contributed by atoms with Crippen LogP contribution in [0.25, 0.3) is 0 Å². The molecule has 1 N–H and O–H groups in total. The third kappa shape index (κ3) is 2.56. The zero-order chi connectivity index (χ0) is 11.4. The van der Waals surface area contributed by atoms with Gasteiger partial charge in [0.1, 0.15) is 0 Å². The molecule has 1 aliphatic rings. The molecule has 1 atom stereocenters. The van der Waals surface area contributed by atoms with E-state index in [2.05, 4.69) is 17.2 Å². The Hall–Kier alpha value is -0.900. The lowest BCUT2D eigenvalue weighted by molar-refractivity contribution is 0.152. The van der Waals surface area contributed by atoms with Crippen LogP contribution in [0.3, 0.4) is 0 Å². The Kier molecular flexibility index (Phi) is 4.27. The zero-order valence-electron chi connectivity index (χ0n) is 10.0. The summed E-state index contributed by atoms with van der Waals surface area (Å²) in [5.74, 6) is 0.788. The minimum Gasteiger partial charge on any atom is -0.387 e. The van der Waals surface area contributed by atoms with E-state index in [0.29, 0.717) is 6.04 Å². The van der Waals surface area contributed by atoms with Gasteiger partial charge in [0.05, 0.1) is 24.0 Å². The zero-order valence-corrected chi connectivity index (χ0v) is 10.0. The highest BCUT2D eigenvalue weighted by molar-refractivity contribution is 5.01. The van der Waals surface area contributed by atoms with Crippen molar-refractivity contribution in [1.29, 1.82) is 0 Å². The van der Waals surface area contributed by atoms with E-state index in [1.807, 2.05) is 18.5 Å². The van der Waals surface area contributed by atoms with Gasteiger partial charge < -0.3 is 5.11 Å². The number of aliphatic hydroxyl groups excluding tert-OH is 1. The summed E-state index contributed by atoms with van der Waals surface area (Å²) in [5.41, 5.74) is 0.830. The molecule has 1 saturated carbocycles. The molecule has 0 saturated heterocycles. The van der Waals surface area contributed by atoms with E-state index in [0.717, 1.165) is 24.5 Å². The first-order chi connectivity index (χ1) is 7.18. The van der Waals surface area contributed by atoms with Gasteiger partial charge in [0, 0.05) is 0 Å². The fourth-order valence-corrected chi connectivity index (χ4v) is 1.89. The highest BCUT2D eigenvalue weighted by Crippen LogP contribution is 2.37. The van der Waals surface area contributed by atoms with Crippen molar-refractivity contribution in [2.45, 2.75) is 52.7 Å². The Morgan fingerprint density at radius 1 is 1.47 bits per heavy atom. The average molecular weight is 211 g/mol. The minimum absolute atomic E-state index is 0.460. The first-order valence-corrected chi connectivity index (χ1v) is 5.76. The van der Waals surface area contributed by atoms with Crippen LogP contribution in [-0.4, -0.2) is 20.1 Å². The summed E-state index contributed by atoms with van der Waals surface area (Å²) in [6.07, 6.45) is 3.49. The van der Waals surface area contributed by atoms with Gasteiger partial charge in [-0.15, -0.1) is 5.10 Å². The number of aromatic nitrogens is 3. The predicted molar refractivity (Wildman–Crippen MR) is 59.4 cm³/mol. The van der Waals surface area contributed by atoms with Crippen molar-refractivity contribution in [3.63, 3.8) is 0 Å². The Balaban J connectivity index is 0.000000531. The lowest BCUT2D eigenvalue weighted by atomic mass is 9.82. The molecule has 1 aromatic heterocycles. The number of nitrogens with zero attached hydrogens (tertiary/aromatic N) is 3. The molecule has 0 unspecified atom stereocenters. The van der Waals surface area contributed by atoms with Crippen LogP contribution in [-0.2, 0) is 0 Å². The second-order valence-electron chi connectivity index (χ2n) is 4.01. The van der Waals surface area contributed by atoms with Gasteiger partial charge in [0.25, 0.3) is 0 Å². The van der Waals surface area contributed by atoms with Gasteiger partial charge in [-0.3, -0.25) is 0 Å². The van der Waals surface area contributed by atoms with Gasteiger partial charge in [0.2, 0.25) is 0 Å². The van der Waals surface area contributed by atoms with Crippen LogP contribution in [0.4, 0.5) is 0 Å². The van der Waals surface area contributed by atoms with E-state index < -0.39 is 6.10 Å². The third-order valence-corrected chi connectivity index (χ3v) is 2.73. The van der Waals surface area contributed by atoms with E-state index in [9.17, 15) is 5.11 Å². The van der Waals surface area contributed by atoms with E-state index in [-0.39, 0.29) is 0 Å². The molecule has 15 heavy (non-hydrogen) atoms. The number of hydrogen-bond donors (Lipinski definition) is 1. The summed E-state index contributed by atoms with van der Waals surface area (Å²) in [5, 5.41) is 17.3. The monoisotopic (exact) mass is 211 g/mol. The maximum Gasteiger partial charge on any atom is 0.0945 e. The van der Waals surface area contributed by atoms with Crippen molar-refractivity contribution in [2.24, 2.45) is 5.92 Å². The second-order valence-corrected chi connectivity index (χ2v) is 4.01. The van der Waals surface area contributed by atoms with Gasteiger partial charge >= 0.3 is 0 Å². The lowest BCUT2D eigenvalue weighted by Gasteiger charge is -2.33. The molecule has 0 aromatic carbocycles. The highest BCUT2D eigenvalue weighted by Gasteiger charge is 2.29. The molecule has 0 radical (unpaired) electrons. The SMILES string of the molecule is CC.CC1CC(n2nncc2[C@@H](C)O)C1. The van der Waals surface area contributed by atoms with Crippen molar-refractivity contribution in [3.05, 3.63) is 11.9 Å². The maximum absolute atomic E-state index is 9.43. The molecule has 1 aliphatic carbocycles. The Bertz CT molecular complexity index is 290. The summed E-state index contributed by atoms with van der Waals surface area (Å²) < 4.78 is 1.87. The van der Waals surface area contributed by atoms with Crippen LogP contribution in [0.15, 0.2) is 6.20 Å². The Labute approximate surface area is 91.3 Å². The molecular weight excluding hydrogens is 190 g/mol. The topological polar surface area (TPSA) is 50.9 Å². The molecular formula is C11H21N3O. The van der Waals surface area contributed by atoms with Crippen molar-refractivity contribution in [2.75, 3.05) is 0 Å². The molecule has 0 bridgehead atoms. The molecule has 0 amide bonds. The summed E-state index contributed by atoms with van der Waals surface area (Å²) in [4.78, 5) is 0. The Morgan fingerprint density at radius 3 is 2.53 bits per heavy atom. The average Bonchev–Trinajstić information content (AvgIpc) is 2.64. The standard InChI is InChI=1S/C9H15N3O.C2H6/c1-6-3-8(4-6)12-9(7(2)13)5-10-11-12;1-2/h5-8,13H,3-4H2,1-2H3;1-2H3/t6?,7-,8?;/m1./s1. The van der Waals surface area contributed by atoms with Crippen molar-refractivity contribution in [1.82, 2.24) is 15.0 Å². The van der Waals surface area contributed by atoms with Crippen LogP contribution < -0.4 is 0 Å². The van der Waals surface area contributed by atoms with E-state index in [1.165, 1.54) is 0 Å². The molecule has 0 aliphatic heterocycles. The number of hydrogen-bond acceptors (Lipinski definition) is 3. The molecule has 1 aromatic rings. The second kappa shape index (κ2) is 5.26. The smallest absolute Gasteiger partial charge is 0.0945 e. The van der Waals surface area contributed by atoms with Gasteiger partial charge in [-0.25, -0.2) is 4.68 Å². The van der Waals surface area contributed by atoms with Crippen LogP contribution in [0.1, 0.15) is 58.4 Å². The van der Waals surface area contributed by atoms with E-state index in [4.69, 9.17) is 0 Å². The minimum atomic E-state index is -0.467. The summed E-state index contributed by atoms with van der Waals surface area (Å²) >= 11 is 0. The fraction of sp³-hybridized carbons (Fsp3) is 0.818. The quantitative estimate of drug-likeness (QED) is 0.816. The van der Waals surface area contributed by atoms with Crippen molar-refractivity contribution < 1.29 is 5.11 Å². The maximum atomic E-state index is 9.43. The van der Waals surface area contributed by atoms with Crippen molar-refractivity contribution in [3.8, 4) is 0 Å². The van der Waals surface area contributed by atoms with Crippen LogP contribution in [0.2, 0.25) is 0 Å². The Morgan fingerprint density at radius 2 is 2.07 bits per heavy atom. The fourth-order valence-electron chi connectivity index (χ4n) is 1.89. The first-order valence-electron chi connectivity index (χ1n) is 5.76. The third-order valence-electron chi connectivity index (χ3n) is 2.73. The summed E-state index contributed by atoms with van der Waals surface area (Å²) in [7, 11) is 0. The van der Waals surface area contributed by atoms with Gasteiger partial charge in [-0.05, 0) is 25.7 Å². The van der Waals surface area contributed by atoms with Crippen LogP contribution in [0.5, 0.6) is 0 Å². The summed E-state index contributed by atoms with van der Waals surface area (Å²) in [6, 6.07) is 0.460. The van der Waals surface area contributed by atoms with Gasteiger partial charge in [-0.1, -0.05) is 26.0 Å². The highest BCUT2D eigenvalue weighted by atomic mass is 16.3. The largest absolute Gasteiger partial charge is 0.387 e.